The van der Waals surface area contributed by atoms with Crippen LogP contribution in [0.4, 0.5) is 11.4 Å². The van der Waals surface area contributed by atoms with Crippen LogP contribution in [0.25, 0.3) is 22.2 Å². The second kappa shape index (κ2) is 5.33. The molecule has 2 aromatic carbocycles. The van der Waals surface area contributed by atoms with E-state index in [0.717, 1.165) is 33.5 Å². The van der Waals surface area contributed by atoms with Gasteiger partial charge < -0.3 is 5.32 Å². The van der Waals surface area contributed by atoms with Crippen LogP contribution in [0.2, 0.25) is 0 Å². The van der Waals surface area contributed by atoms with Crippen LogP contribution in [0.3, 0.4) is 0 Å². The summed E-state index contributed by atoms with van der Waals surface area (Å²) in [6, 6.07) is 20.3. The summed E-state index contributed by atoms with van der Waals surface area (Å²) in [7, 11) is 0. The highest BCUT2D eigenvalue weighted by molar-refractivity contribution is 5.94. The van der Waals surface area contributed by atoms with Gasteiger partial charge in [-0.05, 0) is 30.3 Å². The summed E-state index contributed by atoms with van der Waals surface area (Å²) in [4.78, 5) is 4.10. The monoisotopic (exact) mass is 286 g/mol. The minimum absolute atomic E-state index is 0.963. The predicted molar refractivity (Wildman–Crippen MR) is 89.0 cm³/mol. The molecule has 0 saturated heterocycles. The number of hydrogen-bond acceptors (Lipinski definition) is 3. The maximum Gasteiger partial charge on any atom is 0.0999 e. The van der Waals surface area contributed by atoms with Gasteiger partial charge in [0, 0.05) is 22.8 Å². The number of nitrogens with one attached hydrogen (secondary N) is 2. The van der Waals surface area contributed by atoms with Crippen molar-refractivity contribution in [2.75, 3.05) is 5.32 Å². The Hall–Kier alpha value is -3.14. The number of pyridine rings is 1. The SMILES string of the molecule is c1ccc(-c2n[nH]c3cc(Nc4cccnc4)ccc23)cc1. The predicted octanol–water partition coefficient (Wildman–Crippen LogP) is 4.37. The Morgan fingerprint density at radius 2 is 1.77 bits per heavy atom. The van der Waals surface area contributed by atoms with Gasteiger partial charge in [0.2, 0.25) is 0 Å². The number of anilines is 2. The number of fused-ring (bicyclic) bond motifs is 1. The average Bonchev–Trinajstić information content (AvgIpc) is 3.00. The van der Waals surface area contributed by atoms with Gasteiger partial charge in [0.1, 0.15) is 0 Å². The van der Waals surface area contributed by atoms with Crippen molar-refractivity contribution in [1.82, 2.24) is 15.2 Å². The fraction of sp³-hybridized carbons (Fsp3) is 0. The molecule has 4 heteroatoms. The van der Waals surface area contributed by atoms with Crippen molar-refractivity contribution in [2.24, 2.45) is 0 Å². The van der Waals surface area contributed by atoms with Gasteiger partial charge in [-0.3, -0.25) is 10.1 Å². The zero-order chi connectivity index (χ0) is 14.8. The molecule has 0 aliphatic carbocycles. The Labute approximate surface area is 127 Å². The molecule has 4 rings (SSSR count). The normalized spacial score (nSPS) is 10.7. The molecule has 4 aromatic rings. The van der Waals surface area contributed by atoms with E-state index in [4.69, 9.17) is 0 Å². The third kappa shape index (κ3) is 2.31. The van der Waals surface area contributed by atoms with Crippen LogP contribution in [-0.4, -0.2) is 15.2 Å². The topological polar surface area (TPSA) is 53.6 Å². The molecule has 4 nitrogen and oxygen atoms in total. The summed E-state index contributed by atoms with van der Waals surface area (Å²) in [5.74, 6) is 0. The van der Waals surface area contributed by atoms with E-state index in [-0.39, 0.29) is 0 Å². The second-order valence-electron chi connectivity index (χ2n) is 5.07. The quantitative estimate of drug-likeness (QED) is 0.588. The summed E-state index contributed by atoms with van der Waals surface area (Å²) in [5.41, 5.74) is 5.06. The van der Waals surface area contributed by atoms with Gasteiger partial charge in [-0.1, -0.05) is 30.3 Å². The first-order valence-electron chi connectivity index (χ1n) is 7.11. The minimum Gasteiger partial charge on any atom is -0.354 e. The maximum absolute atomic E-state index is 4.45. The van der Waals surface area contributed by atoms with Crippen LogP contribution in [0.5, 0.6) is 0 Å². The molecular weight excluding hydrogens is 272 g/mol. The Kier molecular flexibility index (Phi) is 3.05. The maximum atomic E-state index is 4.45. The Bertz CT molecular complexity index is 898. The zero-order valence-electron chi connectivity index (χ0n) is 11.8. The Morgan fingerprint density at radius 3 is 2.59 bits per heavy atom. The highest BCUT2D eigenvalue weighted by Crippen LogP contribution is 2.28. The van der Waals surface area contributed by atoms with Gasteiger partial charge in [0.05, 0.1) is 23.1 Å². The molecule has 22 heavy (non-hydrogen) atoms. The number of rotatable bonds is 3. The van der Waals surface area contributed by atoms with Gasteiger partial charge in [-0.25, -0.2) is 0 Å². The molecule has 0 spiro atoms. The van der Waals surface area contributed by atoms with Crippen molar-refractivity contribution in [1.29, 1.82) is 0 Å². The summed E-state index contributed by atoms with van der Waals surface area (Å²) in [6.07, 6.45) is 3.56. The van der Waals surface area contributed by atoms with E-state index in [1.54, 1.807) is 12.4 Å². The zero-order valence-corrected chi connectivity index (χ0v) is 11.8. The Morgan fingerprint density at radius 1 is 0.864 bits per heavy atom. The molecule has 0 fully saturated rings. The highest BCUT2D eigenvalue weighted by Gasteiger charge is 2.08. The lowest BCUT2D eigenvalue weighted by Crippen LogP contribution is -1.90. The van der Waals surface area contributed by atoms with Crippen LogP contribution in [-0.2, 0) is 0 Å². The van der Waals surface area contributed by atoms with Crippen molar-refractivity contribution >= 4 is 22.3 Å². The van der Waals surface area contributed by atoms with Gasteiger partial charge >= 0.3 is 0 Å². The van der Waals surface area contributed by atoms with E-state index in [1.165, 1.54) is 0 Å². The number of H-pyrrole nitrogens is 1. The van der Waals surface area contributed by atoms with E-state index in [9.17, 15) is 0 Å². The summed E-state index contributed by atoms with van der Waals surface area (Å²) >= 11 is 0. The van der Waals surface area contributed by atoms with E-state index < -0.39 is 0 Å². The largest absolute Gasteiger partial charge is 0.354 e. The van der Waals surface area contributed by atoms with Gasteiger partial charge in [-0.2, -0.15) is 5.10 Å². The Balaban J connectivity index is 1.71. The molecule has 2 N–H and O–H groups in total. The molecule has 0 amide bonds. The summed E-state index contributed by atoms with van der Waals surface area (Å²) in [5, 5.41) is 12.0. The summed E-state index contributed by atoms with van der Waals surface area (Å²) < 4.78 is 0. The number of aromatic nitrogens is 3. The molecule has 0 atom stereocenters. The fourth-order valence-electron chi connectivity index (χ4n) is 2.52. The molecule has 0 unspecified atom stereocenters. The average molecular weight is 286 g/mol. The third-order valence-corrected chi connectivity index (χ3v) is 3.56. The number of hydrogen-bond donors (Lipinski definition) is 2. The van der Waals surface area contributed by atoms with Gasteiger partial charge in [-0.15, -0.1) is 0 Å². The molecule has 0 bridgehead atoms. The van der Waals surface area contributed by atoms with Crippen molar-refractivity contribution in [3.63, 3.8) is 0 Å². The first-order chi connectivity index (χ1) is 10.9. The fourth-order valence-corrected chi connectivity index (χ4v) is 2.52. The van der Waals surface area contributed by atoms with Gasteiger partial charge in [0.15, 0.2) is 0 Å². The number of aromatic amines is 1. The van der Waals surface area contributed by atoms with Crippen molar-refractivity contribution < 1.29 is 0 Å². The molecule has 0 radical (unpaired) electrons. The molecular formula is C18H14N4. The van der Waals surface area contributed by atoms with Crippen LogP contribution < -0.4 is 5.32 Å². The molecule has 2 aromatic heterocycles. The van der Waals surface area contributed by atoms with Crippen molar-refractivity contribution in [3.05, 3.63) is 73.1 Å². The number of benzene rings is 2. The first kappa shape index (κ1) is 12.6. The molecule has 0 aliphatic rings. The van der Waals surface area contributed by atoms with E-state index in [0.29, 0.717) is 0 Å². The van der Waals surface area contributed by atoms with Crippen LogP contribution in [0, 0.1) is 0 Å². The standard InChI is InChI=1S/C18H14N4/c1-2-5-13(6-3-1)18-16-9-8-14(11-17(16)21-22-18)20-15-7-4-10-19-12-15/h1-12,20H,(H,21,22). The number of nitrogens with zero attached hydrogens (tertiary/aromatic N) is 2. The lowest BCUT2D eigenvalue weighted by atomic mass is 10.1. The molecule has 0 saturated carbocycles. The highest BCUT2D eigenvalue weighted by atomic mass is 15.1. The smallest absolute Gasteiger partial charge is 0.0999 e. The van der Waals surface area contributed by atoms with Crippen molar-refractivity contribution in [2.45, 2.75) is 0 Å². The minimum atomic E-state index is 0.963. The van der Waals surface area contributed by atoms with Gasteiger partial charge in [0.25, 0.3) is 0 Å². The van der Waals surface area contributed by atoms with E-state index >= 15 is 0 Å². The molecule has 106 valence electrons. The summed E-state index contributed by atoms with van der Waals surface area (Å²) in [6.45, 7) is 0. The van der Waals surface area contributed by atoms with Crippen molar-refractivity contribution in [3.8, 4) is 11.3 Å². The lowest BCUT2D eigenvalue weighted by molar-refractivity contribution is 1.12. The molecule has 2 heterocycles. The second-order valence-corrected chi connectivity index (χ2v) is 5.07. The van der Waals surface area contributed by atoms with Crippen LogP contribution in [0.15, 0.2) is 73.1 Å². The van der Waals surface area contributed by atoms with E-state index in [1.807, 2.05) is 30.3 Å². The third-order valence-electron chi connectivity index (χ3n) is 3.56. The van der Waals surface area contributed by atoms with Crippen LogP contribution in [0.1, 0.15) is 0 Å². The lowest BCUT2D eigenvalue weighted by Gasteiger charge is -2.05. The van der Waals surface area contributed by atoms with E-state index in [2.05, 4.69) is 50.8 Å². The molecule has 0 aliphatic heterocycles. The van der Waals surface area contributed by atoms with Crippen LogP contribution >= 0.6 is 0 Å². The first-order valence-corrected chi connectivity index (χ1v) is 7.11.